The van der Waals surface area contributed by atoms with Crippen molar-refractivity contribution in [3.05, 3.63) is 72.8 Å². The summed E-state index contributed by atoms with van der Waals surface area (Å²) in [6.07, 6.45) is 0. The molecule has 0 spiro atoms. The maximum absolute atomic E-state index is 2.43. The van der Waals surface area contributed by atoms with E-state index in [4.69, 9.17) is 0 Å². The minimum Gasteiger partial charge on any atom is -0.0656 e. The molecule has 2 heteroatoms. The Balaban J connectivity index is 2.15. The van der Waals surface area contributed by atoms with Crippen LogP contribution < -0.4 is 10.4 Å². The quantitative estimate of drug-likeness (QED) is 0.483. The first kappa shape index (κ1) is 18.9. The Morgan fingerprint density at radius 1 is 0.462 bits per heavy atom. The molecule has 134 valence electrons. The molecule has 0 bridgehead atoms. The zero-order chi connectivity index (χ0) is 18.9. The van der Waals surface area contributed by atoms with E-state index in [2.05, 4.69) is 112 Å². The third-order valence-electron chi connectivity index (χ3n) is 5.03. The highest BCUT2D eigenvalue weighted by Gasteiger charge is 2.20. The molecule has 3 aromatic carbocycles. The molecular formula is C24H30Si2. The van der Waals surface area contributed by atoms with Crippen molar-refractivity contribution < 1.29 is 0 Å². The van der Waals surface area contributed by atoms with Crippen LogP contribution in [0.2, 0.25) is 39.3 Å². The molecule has 0 amide bonds. The molecule has 3 rings (SSSR count). The van der Waals surface area contributed by atoms with Gasteiger partial charge in [-0.2, -0.15) is 0 Å². The summed E-state index contributed by atoms with van der Waals surface area (Å²) in [7, 11) is -2.61. The Hall–Kier alpha value is -1.91. The van der Waals surface area contributed by atoms with Crippen LogP contribution >= 0.6 is 0 Å². The number of rotatable bonds is 4. The van der Waals surface area contributed by atoms with Gasteiger partial charge in [-0.3, -0.25) is 0 Å². The van der Waals surface area contributed by atoms with E-state index in [0.29, 0.717) is 0 Å². The molecule has 0 unspecified atom stereocenters. The van der Waals surface area contributed by atoms with Gasteiger partial charge in [0.1, 0.15) is 0 Å². The first-order valence-corrected chi connectivity index (χ1v) is 16.5. The van der Waals surface area contributed by atoms with Gasteiger partial charge in [0, 0.05) is 0 Å². The van der Waals surface area contributed by atoms with Crippen molar-refractivity contribution in [1.82, 2.24) is 0 Å². The molecule has 26 heavy (non-hydrogen) atoms. The van der Waals surface area contributed by atoms with Crippen molar-refractivity contribution in [2.45, 2.75) is 39.3 Å². The van der Waals surface area contributed by atoms with Gasteiger partial charge in [0.05, 0.1) is 16.1 Å². The number of benzene rings is 3. The SMILES string of the molecule is C[Si](C)(C)c1ccc(-c2ccc([Si](C)(C)C)cc2-c2ccccc2)cc1. The fourth-order valence-corrected chi connectivity index (χ4v) is 5.60. The van der Waals surface area contributed by atoms with Gasteiger partial charge in [0.2, 0.25) is 0 Å². The Morgan fingerprint density at radius 2 is 0.962 bits per heavy atom. The van der Waals surface area contributed by atoms with Crippen molar-refractivity contribution in [2.24, 2.45) is 0 Å². The molecule has 0 saturated carbocycles. The van der Waals surface area contributed by atoms with Crippen LogP contribution in [0.1, 0.15) is 0 Å². The molecule has 0 atom stereocenters. The third kappa shape index (κ3) is 4.08. The largest absolute Gasteiger partial charge is 0.0776 e. The number of hydrogen-bond acceptors (Lipinski definition) is 0. The predicted octanol–water partition coefficient (Wildman–Crippen LogP) is 6.11. The lowest BCUT2D eigenvalue weighted by Gasteiger charge is -2.21. The summed E-state index contributed by atoms with van der Waals surface area (Å²) in [5.41, 5.74) is 5.30. The molecule has 0 fully saturated rings. The standard InChI is InChI=1S/C24H30Si2/c1-25(2,3)21-14-12-20(13-15-21)23-17-16-22(26(4,5)6)18-24(23)19-10-8-7-9-11-19/h7-18H,1-6H3. The molecular weight excluding hydrogens is 344 g/mol. The lowest BCUT2D eigenvalue weighted by molar-refractivity contribution is 1.58. The molecule has 0 aromatic heterocycles. The Bertz CT molecular complexity index is 880. The molecule has 0 nitrogen and oxygen atoms in total. The smallest absolute Gasteiger partial charge is 0.0656 e. The van der Waals surface area contributed by atoms with Gasteiger partial charge in [-0.05, 0) is 22.3 Å². The van der Waals surface area contributed by atoms with Crippen LogP contribution in [-0.4, -0.2) is 16.1 Å². The average molecular weight is 375 g/mol. The summed E-state index contributed by atoms with van der Waals surface area (Å²) in [6.45, 7) is 14.5. The second kappa shape index (κ2) is 7.01. The Morgan fingerprint density at radius 3 is 1.50 bits per heavy atom. The highest BCUT2D eigenvalue weighted by Crippen LogP contribution is 2.31. The lowest BCUT2D eigenvalue weighted by atomic mass is 9.95. The van der Waals surface area contributed by atoms with Crippen molar-refractivity contribution in [3.8, 4) is 22.3 Å². The first-order valence-electron chi connectivity index (χ1n) is 9.47. The van der Waals surface area contributed by atoms with Crippen molar-refractivity contribution >= 4 is 26.5 Å². The lowest BCUT2D eigenvalue weighted by Crippen LogP contribution is -2.37. The fraction of sp³-hybridized carbons (Fsp3) is 0.250. The Labute approximate surface area is 160 Å². The average Bonchev–Trinajstić information content (AvgIpc) is 2.60. The molecule has 0 radical (unpaired) electrons. The second-order valence-electron chi connectivity index (χ2n) is 9.20. The zero-order valence-corrected chi connectivity index (χ0v) is 18.9. The summed E-state index contributed by atoms with van der Waals surface area (Å²) >= 11 is 0. The molecule has 0 aliphatic heterocycles. The molecule has 3 aromatic rings. The van der Waals surface area contributed by atoms with Crippen LogP contribution in [-0.2, 0) is 0 Å². The summed E-state index contributed by atoms with van der Waals surface area (Å²) in [5, 5.41) is 3.03. The van der Waals surface area contributed by atoms with Crippen LogP contribution in [0, 0.1) is 0 Å². The van der Waals surface area contributed by atoms with E-state index >= 15 is 0 Å². The molecule has 0 saturated heterocycles. The van der Waals surface area contributed by atoms with Crippen molar-refractivity contribution in [1.29, 1.82) is 0 Å². The van der Waals surface area contributed by atoms with Crippen molar-refractivity contribution in [2.75, 3.05) is 0 Å². The monoisotopic (exact) mass is 374 g/mol. The van der Waals surface area contributed by atoms with E-state index in [-0.39, 0.29) is 0 Å². The van der Waals surface area contributed by atoms with E-state index in [0.717, 1.165) is 0 Å². The summed E-state index contributed by atoms with van der Waals surface area (Å²) in [4.78, 5) is 0. The minimum absolute atomic E-state index is 1.26. The minimum atomic E-state index is -1.35. The highest BCUT2D eigenvalue weighted by atomic mass is 28.3. The van der Waals surface area contributed by atoms with Gasteiger partial charge < -0.3 is 0 Å². The van der Waals surface area contributed by atoms with E-state index in [1.54, 1.807) is 0 Å². The van der Waals surface area contributed by atoms with Crippen LogP contribution in [0.3, 0.4) is 0 Å². The predicted molar refractivity (Wildman–Crippen MR) is 123 cm³/mol. The maximum Gasteiger partial charge on any atom is 0.0776 e. The maximum atomic E-state index is 2.43. The molecule has 0 aliphatic rings. The first-order chi connectivity index (χ1) is 12.2. The van der Waals surface area contributed by atoms with Gasteiger partial charge in [0.25, 0.3) is 0 Å². The van der Waals surface area contributed by atoms with Gasteiger partial charge in [0.15, 0.2) is 0 Å². The normalized spacial score (nSPS) is 12.2. The zero-order valence-electron chi connectivity index (χ0n) is 16.9. The van der Waals surface area contributed by atoms with Gasteiger partial charge >= 0.3 is 0 Å². The van der Waals surface area contributed by atoms with E-state index in [9.17, 15) is 0 Å². The summed E-state index contributed by atoms with van der Waals surface area (Å²) in [6, 6.07) is 27.2. The van der Waals surface area contributed by atoms with Crippen LogP contribution in [0.4, 0.5) is 0 Å². The topological polar surface area (TPSA) is 0 Å². The summed E-state index contributed by atoms with van der Waals surface area (Å²) < 4.78 is 0. The van der Waals surface area contributed by atoms with Gasteiger partial charge in [-0.25, -0.2) is 0 Å². The highest BCUT2D eigenvalue weighted by molar-refractivity contribution is 6.89. The molecule has 0 heterocycles. The fourth-order valence-electron chi connectivity index (χ4n) is 3.27. The van der Waals surface area contributed by atoms with Crippen LogP contribution in [0.25, 0.3) is 22.3 Å². The van der Waals surface area contributed by atoms with E-state index in [1.807, 2.05) is 0 Å². The Kier molecular flexibility index (Phi) is 5.09. The van der Waals surface area contributed by atoms with Crippen LogP contribution in [0.5, 0.6) is 0 Å². The van der Waals surface area contributed by atoms with Crippen LogP contribution in [0.15, 0.2) is 72.8 Å². The van der Waals surface area contributed by atoms with E-state index in [1.165, 1.54) is 32.6 Å². The van der Waals surface area contributed by atoms with Gasteiger partial charge in [-0.15, -0.1) is 0 Å². The number of hydrogen-bond donors (Lipinski definition) is 0. The molecule has 0 N–H and O–H groups in total. The van der Waals surface area contributed by atoms with Gasteiger partial charge in [-0.1, -0.05) is 122 Å². The third-order valence-corrected chi connectivity index (χ3v) is 9.14. The van der Waals surface area contributed by atoms with Crippen molar-refractivity contribution in [3.63, 3.8) is 0 Å². The second-order valence-corrected chi connectivity index (χ2v) is 19.4. The molecule has 0 aliphatic carbocycles. The van der Waals surface area contributed by atoms with E-state index < -0.39 is 16.1 Å². The summed E-state index contributed by atoms with van der Waals surface area (Å²) in [5.74, 6) is 0.